The standard InChI is InChI=1S/C14H15ClN4O3/c1-10-5-7-17-18(10)8-2-6-16-14(20)11-3-4-12(15)13(9-11)19(21)22/h3-5,7,9H,2,6,8H2,1H3,(H,16,20). The van der Waals surface area contributed by atoms with Crippen molar-refractivity contribution in [3.8, 4) is 0 Å². The number of halogens is 1. The van der Waals surface area contributed by atoms with Gasteiger partial charge in [0.1, 0.15) is 5.02 Å². The second-order valence-corrected chi connectivity index (χ2v) is 5.14. The summed E-state index contributed by atoms with van der Waals surface area (Å²) in [5, 5.41) is 17.7. The summed E-state index contributed by atoms with van der Waals surface area (Å²) in [6.45, 7) is 3.10. The van der Waals surface area contributed by atoms with Gasteiger partial charge in [0.15, 0.2) is 0 Å². The number of benzene rings is 1. The monoisotopic (exact) mass is 322 g/mol. The van der Waals surface area contributed by atoms with Gasteiger partial charge in [0.25, 0.3) is 11.6 Å². The summed E-state index contributed by atoms with van der Waals surface area (Å²) in [5.41, 5.74) is 0.993. The van der Waals surface area contributed by atoms with Gasteiger partial charge in [0.05, 0.1) is 4.92 Å². The Morgan fingerprint density at radius 2 is 2.23 bits per heavy atom. The van der Waals surface area contributed by atoms with Crippen LogP contribution in [0.4, 0.5) is 5.69 Å². The second kappa shape index (κ2) is 7.04. The molecular formula is C14H15ClN4O3. The molecule has 2 rings (SSSR count). The van der Waals surface area contributed by atoms with Gasteiger partial charge in [-0.25, -0.2) is 0 Å². The molecule has 2 aromatic rings. The first-order chi connectivity index (χ1) is 10.5. The molecule has 1 aromatic carbocycles. The summed E-state index contributed by atoms with van der Waals surface area (Å²) in [6, 6.07) is 5.89. The Labute approximate surface area is 132 Å². The average molecular weight is 323 g/mol. The Hall–Kier alpha value is -2.41. The van der Waals surface area contributed by atoms with Crippen LogP contribution in [-0.4, -0.2) is 27.2 Å². The van der Waals surface area contributed by atoms with Gasteiger partial charge in [-0.3, -0.25) is 19.6 Å². The molecule has 0 saturated carbocycles. The van der Waals surface area contributed by atoms with E-state index >= 15 is 0 Å². The second-order valence-electron chi connectivity index (χ2n) is 4.73. The predicted octanol–water partition coefficient (Wildman–Crippen LogP) is 2.57. The Kier molecular flexibility index (Phi) is 5.11. The first-order valence-electron chi connectivity index (χ1n) is 6.69. The molecule has 8 heteroatoms. The van der Waals surface area contributed by atoms with E-state index in [0.717, 1.165) is 5.69 Å². The van der Waals surface area contributed by atoms with Crippen molar-refractivity contribution in [2.75, 3.05) is 6.54 Å². The fourth-order valence-electron chi connectivity index (χ4n) is 1.96. The van der Waals surface area contributed by atoms with Crippen LogP contribution in [0.15, 0.2) is 30.5 Å². The maximum atomic E-state index is 12.0. The molecule has 0 aliphatic heterocycles. The van der Waals surface area contributed by atoms with Crippen molar-refractivity contribution in [3.05, 3.63) is 56.9 Å². The number of carbonyl (C=O) groups excluding carboxylic acids is 1. The van der Waals surface area contributed by atoms with Crippen LogP contribution in [-0.2, 0) is 6.54 Å². The summed E-state index contributed by atoms with van der Waals surface area (Å²) >= 11 is 5.71. The highest BCUT2D eigenvalue weighted by Gasteiger charge is 2.15. The minimum absolute atomic E-state index is 0.00991. The lowest BCUT2D eigenvalue weighted by atomic mass is 10.2. The zero-order chi connectivity index (χ0) is 16.1. The highest BCUT2D eigenvalue weighted by atomic mass is 35.5. The fourth-order valence-corrected chi connectivity index (χ4v) is 2.15. The smallest absolute Gasteiger partial charge is 0.288 e. The normalized spacial score (nSPS) is 10.5. The number of nitrogens with zero attached hydrogens (tertiary/aromatic N) is 3. The van der Waals surface area contributed by atoms with Gasteiger partial charge in [-0.2, -0.15) is 5.10 Å². The third kappa shape index (κ3) is 3.82. The zero-order valence-electron chi connectivity index (χ0n) is 12.0. The number of rotatable bonds is 6. The van der Waals surface area contributed by atoms with Crippen LogP contribution in [0.5, 0.6) is 0 Å². The van der Waals surface area contributed by atoms with Crippen LogP contribution < -0.4 is 5.32 Å². The first-order valence-corrected chi connectivity index (χ1v) is 7.07. The lowest BCUT2D eigenvalue weighted by Crippen LogP contribution is -2.25. The molecule has 1 aromatic heterocycles. The number of nitro benzene ring substituents is 1. The molecule has 0 radical (unpaired) electrons. The molecule has 1 N–H and O–H groups in total. The average Bonchev–Trinajstić information content (AvgIpc) is 2.89. The summed E-state index contributed by atoms with van der Waals surface area (Å²) in [6.07, 6.45) is 2.44. The van der Waals surface area contributed by atoms with E-state index in [9.17, 15) is 14.9 Å². The summed E-state index contributed by atoms with van der Waals surface area (Å²) < 4.78 is 1.85. The van der Waals surface area contributed by atoms with Gasteiger partial charge in [-0.1, -0.05) is 11.6 Å². The van der Waals surface area contributed by atoms with E-state index in [0.29, 0.717) is 19.5 Å². The molecule has 22 heavy (non-hydrogen) atoms. The first kappa shape index (κ1) is 16.0. The van der Waals surface area contributed by atoms with Crippen molar-refractivity contribution in [2.24, 2.45) is 0 Å². The van der Waals surface area contributed by atoms with Gasteiger partial charge in [-0.15, -0.1) is 0 Å². The minimum Gasteiger partial charge on any atom is -0.352 e. The van der Waals surface area contributed by atoms with Crippen molar-refractivity contribution < 1.29 is 9.72 Å². The molecule has 0 bridgehead atoms. The number of aromatic nitrogens is 2. The van der Waals surface area contributed by atoms with E-state index in [-0.39, 0.29) is 22.2 Å². The number of hydrogen-bond donors (Lipinski definition) is 1. The molecular weight excluding hydrogens is 308 g/mol. The molecule has 1 amide bonds. The van der Waals surface area contributed by atoms with E-state index in [4.69, 9.17) is 11.6 Å². The van der Waals surface area contributed by atoms with Gasteiger partial charge in [0, 0.05) is 36.6 Å². The highest BCUT2D eigenvalue weighted by Crippen LogP contribution is 2.24. The number of hydrogen-bond acceptors (Lipinski definition) is 4. The van der Waals surface area contributed by atoms with Gasteiger partial charge in [-0.05, 0) is 31.5 Å². The van der Waals surface area contributed by atoms with Crippen LogP contribution in [0.25, 0.3) is 0 Å². The maximum Gasteiger partial charge on any atom is 0.288 e. The largest absolute Gasteiger partial charge is 0.352 e. The van der Waals surface area contributed by atoms with Crippen LogP contribution in [0.1, 0.15) is 22.5 Å². The number of amides is 1. The quantitative estimate of drug-likeness (QED) is 0.503. The van der Waals surface area contributed by atoms with Crippen molar-refractivity contribution >= 4 is 23.2 Å². The molecule has 0 unspecified atom stereocenters. The van der Waals surface area contributed by atoms with Crippen LogP contribution in [0.3, 0.4) is 0 Å². The van der Waals surface area contributed by atoms with Crippen LogP contribution >= 0.6 is 11.6 Å². The van der Waals surface area contributed by atoms with Gasteiger partial charge in [0.2, 0.25) is 0 Å². The van der Waals surface area contributed by atoms with E-state index < -0.39 is 4.92 Å². The maximum absolute atomic E-state index is 12.0. The summed E-state index contributed by atoms with van der Waals surface area (Å²) in [4.78, 5) is 22.1. The fraction of sp³-hybridized carbons (Fsp3) is 0.286. The Bertz CT molecular complexity index is 699. The van der Waals surface area contributed by atoms with E-state index in [1.807, 2.05) is 17.7 Å². The third-order valence-corrected chi connectivity index (χ3v) is 3.49. The minimum atomic E-state index is -0.612. The van der Waals surface area contributed by atoms with E-state index in [2.05, 4.69) is 10.4 Å². The number of nitro groups is 1. The molecule has 0 fully saturated rings. The molecule has 0 atom stereocenters. The molecule has 116 valence electrons. The lowest BCUT2D eigenvalue weighted by Gasteiger charge is -2.07. The van der Waals surface area contributed by atoms with Crippen molar-refractivity contribution in [2.45, 2.75) is 19.9 Å². The molecule has 1 heterocycles. The summed E-state index contributed by atoms with van der Waals surface area (Å²) in [5.74, 6) is -0.364. The van der Waals surface area contributed by atoms with Crippen molar-refractivity contribution in [1.29, 1.82) is 0 Å². The SMILES string of the molecule is Cc1ccnn1CCCNC(=O)c1ccc(Cl)c([N+](=O)[O-])c1. The summed E-state index contributed by atoms with van der Waals surface area (Å²) in [7, 11) is 0. The topological polar surface area (TPSA) is 90.1 Å². The molecule has 0 aliphatic carbocycles. The van der Waals surface area contributed by atoms with Crippen LogP contribution in [0.2, 0.25) is 5.02 Å². The third-order valence-electron chi connectivity index (χ3n) is 3.17. The van der Waals surface area contributed by atoms with Gasteiger partial charge < -0.3 is 5.32 Å². The van der Waals surface area contributed by atoms with Gasteiger partial charge >= 0.3 is 0 Å². The highest BCUT2D eigenvalue weighted by molar-refractivity contribution is 6.32. The van der Waals surface area contributed by atoms with Crippen molar-refractivity contribution in [1.82, 2.24) is 15.1 Å². The molecule has 0 spiro atoms. The Morgan fingerprint density at radius 1 is 1.45 bits per heavy atom. The van der Waals surface area contributed by atoms with Crippen molar-refractivity contribution in [3.63, 3.8) is 0 Å². The van der Waals surface area contributed by atoms with Crippen LogP contribution in [0, 0.1) is 17.0 Å². The van der Waals surface area contributed by atoms with E-state index in [1.165, 1.54) is 18.2 Å². The zero-order valence-corrected chi connectivity index (χ0v) is 12.7. The number of nitrogens with one attached hydrogen (secondary N) is 1. The Morgan fingerprint density at radius 3 is 2.86 bits per heavy atom. The molecule has 7 nitrogen and oxygen atoms in total. The number of carbonyl (C=O) groups is 1. The van der Waals surface area contributed by atoms with E-state index in [1.54, 1.807) is 6.20 Å². The molecule has 0 aliphatic rings. The lowest BCUT2D eigenvalue weighted by molar-refractivity contribution is -0.384. The predicted molar refractivity (Wildman–Crippen MR) is 82.0 cm³/mol. The number of aryl methyl sites for hydroxylation is 2. The Balaban J connectivity index is 1.88. The molecule has 0 saturated heterocycles.